The van der Waals surface area contributed by atoms with Crippen molar-refractivity contribution < 1.29 is 28.6 Å². The van der Waals surface area contributed by atoms with Crippen molar-refractivity contribution in [3.8, 4) is 0 Å². The summed E-state index contributed by atoms with van der Waals surface area (Å²) in [6, 6.07) is 7.94. The Kier molecular flexibility index (Phi) is 8.14. The van der Waals surface area contributed by atoms with Gasteiger partial charge >= 0.3 is 11.9 Å². The molecule has 1 aliphatic heterocycles. The molecule has 12 nitrogen and oxygen atoms in total. The van der Waals surface area contributed by atoms with E-state index in [1.807, 2.05) is 24.3 Å². The summed E-state index contributed by atoms with van der Waals surface area (Å²) in [6.07, 6.45) is -3.28. The summed E-state index contributed by atoms with van der Waals surface area (Å²) in [5.41, 5.74) is 1.68. The minimum Gasteiger partial charge on any atom is -0.455 e. The number of carbonyl (C=O) groups is 3. The highest BCUT2D eigenvalue weighted by Crippen LogP contribution is 2.37. The highest BCUT2D eigenvalue weighted by atomic mass is 127. The molecule has 0 spiro atoms. The standard InChI is InChI=1S/C23H24ClIN6O6/c1-11(32)35-16-17(21(34)30(3)4)37-22(18(16)36-12(2)33)31-10-27-15-19(28-23(24)29-20(15)31)26-9-13-6-5-7-14(25)8-13/h5-8,10,16-18,22H,9H2,1-4H3,(H,26,28,29)/t16-,17+,18-,22-/m1/s1. The Morgan fingerprint density at radius 3 is 2.51 bits per heavy atom. The smallest absolute Gasteiger partial charge is 0.303 e. The summed E-state index contributed by atoms with van der Waals surface area (Å²) < 4.78 is 19.5. The maximum absolute atomic E-state index is 12.9. The average molecular weight is 643 g/mol. The van der Waals surface area contributed by atoms with E-state index >= 15 is 0 Å². The minimum absolute atomic E-state index is 0.0566. The number of aromatic nitrogens is 4. The van der Waals surface area contributed by atoms with E-state index in [1.165, 1.54) is 43.7 Å². The first-order valence-electron chi connectivity index (χ1n) is 11.1. The summed E-state index contributed by atoms with van der Waals surface area (Å²) in [4.78, 5) is 51.0. The molecule has 3 aromatic rings. The lowest BCUT2D eigenvalue weighted by Crippen LogP contribution is -2.45. The summed E-state index contributed by atoms with van der Waals surface area (Å²) in [5, 5.41) is 3.17. The molecule has 14 heteroatoms. The Hall–Kier alpha value is -3.04. The van der Waals surface area contributed by atoms with Crippen molar-refractivity contribution >= 4 is 69.0 Å². The summed E-state index contributed by atoms with van der Waals surface area (Å²) in [5.74, 6) is -1.40. The number of anilines is 1. The van der Waals surface area contributed by atoms with E-state index in [1.54, 1.807) is 0 Å². The topological polar surface area (TPSA) is 138 Å². The maximum Gasteiger partial charge on any atom is 0.303 e. The molecule has 1 aliphatic rings. The largest absolute Gasteiger partial charge is 0.455 e. The van der Waals surface area contributed by atoms with Crippen molar-refractivity contribution in [2.75, 3.05) is 19.4 Å². The normalized spacial score (nSPS) is 21.0. The summed E-state index contributed by atoms with van der Waals surface area (Å²) in [7, 11) is 3.08. The molecule has 0 bridgehead atoms. The predicted molar refractivity (Wildman–Crippen MR) is 141 cm³/mol. The number of imidazole rings is 1. The first kappa shape index (κ1) is 27.0. The molecule has 0 aliphatic carbocycles. The first-order valence-corrected chi connectivity index (χ1v) is 12.6. The van der Waals surface area contributed by atoms with Gasteiger partial charge in [-0.2, -0.15) is 9.97 Å². The van der Waals surface area contributed by atoms with E-state index < -0.39 is 42.4 Å². The van der Waals surface area contributed by atoms with E-state index in [4.69, 9.17) is 25.8 Å². The number of rotatable bonds is 7. The van der Waals surface area contributed by atoms with Crippen molar-refractivity contribution in [2.45, 2.75) is 44.9 Å². The number of carbonyl (C=O) groups excluding carboxylic acids is 3. The van der Waals surface area contributed by atoms with Gasteiger partial charge in [0.05, 0.1) is 6.33 Å². The van der Waals surface area contributed by atoms with Crippen LogP contribution in [0.25, 0.3) is 11.2 Å². The molecule has 0 unspecified atom stereocenters. The number of nitrogens with zero attached hydrogens (tertiary/aromatic N) is 5. The van der Waals surface area contributed by atoms with Gasteiger partial charge in [-0.3, -0.25) is 19.0 Å². The van der Waals surface area contributed by atoms with Gasteiger partial charge in [-0.25, -0.2) is 4.98 Å². The van der Waals surface area contributed by atoms with Crippen LogP contribution in [0.1, 0.15) is 25.6 Å². The second-order valence-electron chi connectivity index (χ2n) is 8.48. The van der Waals surface area contributed by atoms with Crippen LogP contribution < -0.4 is 5.32 Å². The lowest BCUT2D eigenvalue weighted by Gasteiger charge is -2.24. The number of likely N-dealkylation sites (N-methyl/N-ethyl adjacent to an activating group) is 1. The molecule has 3 heterocycles. The molecule has 2 aromatic heterocycles. The monoisotopic (exact) mass is 642 g/mol. The minimum atomic E-state index is -1.24. The van der Waals surface area contributed by atoms with E-state index in [0.717, 1.165) is 9.13 Å². The Balaban J connectivity index is 1.73. The number of nitrogens with one attached hydrogen (secondary N) is 1. The highest BCUT2D eigenvalue weighted by molar-refractivity contribution is 14.1. The van der Waals surface area contributed by atoms with Crippen molar-refractivity contribution in [1.29, 1.82) is 0 Å². The second-order valence-corrected chi connectivity index (χ2v) is 10.1. The molecule has 1 amide bonds. The van der Waals surface area contributed by atoms with Gasteiger partial charge in [-0.15, -0.1) is 0 Å². The summed E-state index contributed by atoms with van der Waals surface area (Å²) >= 11 is 8.48. The van der Waals surface area contributed by atoms with Crippen molar-refractivity contribution in [3.63, 3.8) is 0 Å². The van der Waals surface area contributed by atoms with Gasteiger partial charge in [0.2, 0.25) is 5.28 Å². The second kappa shape index (κ2) is 11.1. The van der Waals surface area contributed by atoms with Gasteiger partial charge in [0.15, 0.2) is 41.5 Å². The zero-order chi connectivity index (χ0) is 26.9. The van der Waals surface area contributed by atoms with Crippen molar-refractivity contribution in [1.82, 2.24) is 24.4 Å². The fraction of sp³-hybridized carbons (Fsp3) is 0.391. The molecular formula is C23H24ClIN6O6. The van der Waals surface area contributed by atoms with Gasteiger partial charge < -0.3 is 24.4 Å². The Bertz CT molecular complexity index is 1350. The number of amides is 1. The third kappa shape index (κ3) is 5.93. The number of ether oxygens (including phenoxy) is 3. The molecule has 1 saturated heterocycles. The van der Waals surface area contributed by atoms with Crippen LogP contribution in [0.15, 0.2) is 30.6 Å². The van der Waals surface area contributed by atoms with Gasteiger partial charge in [-0.05, 0) is 51.9 Å². The van der Waals surface area contributed by atoms with Crippen molar-refractivity contribution in [3.05, 3.63) is 45.0 Å². The number of hydrogen-bond acceptors (Lipinski definition) is 10. The Morgan fingerprint density at radius 1 is 1.16 bits per heavy atom. The summed E-state index contributed by atoms with van der Waals surface area (Å²) in [6.45, 7) is 2.86. The van der Waals surface area contributed by atoms with Crippen molar-refractivity contribution in [2.24, 2.45) is 0 Å². The van der Waals surface area contributed by atoms with Gasteiger partial charge in [0.25, 0.3) is 5.91 Å². The average Bonchev–Trinajstić information content (AvgIpc) is 3.38. The van der Waals surface area contributed by atoms with E-state index in [9.17, 15) is 14.4 Å². The fourth-order valence-electron chi connectivity index (χ4n) is 3.99. The first-order chi connectivity index (χ1) is 17.5. The van der Waals surface area contributed by atoms with Gasteiger partial charge in [-0.1, -0.05) is 12.1 Å². The lowest BCUT2D eigenvalue weighted by atomic mass is 10.1. The van der Waals surface area contributed by atoms with Crippen LogP contribution in [0, 0.1) is 3.57 Å². The zero-order valence-electron chi connectivity index (χ0n) is 20.3. The van der Waals surface area contributed by atoms with Crippen LogP contribution in [0.3, 0.4) is 0 Å². The number of halogens is 2. The Morgan fingerprint density at radius 2 is 1.86 bits per heavy atom. The van der Waals surface area contributed by atoms with Gasteiger partial charge in [0, 0.05) is 38.1 Å². The predicted octanol–water partition coefficient (Wildman–Crippen LogP) is 2.55. The van der Waals surface area contributed by atoms with Crippen LogP contribution in [-0.2, 0) is 35.1 Å². The van der Waals surface area contributed by atoms with E-state index in [0.29, 0.717) is 17.9 Å². The fourth-order valence-corrected chi connectivity index (χ4v) is 4.76. The van der Waals surface area contributed by atoms with Crippen LogP contribution in [0.5, 0.6) is 0 Å². The maximum atomic E-state index is 12.9. The van der Waals surface area contributed by atoms with Crippen LogP contribution in [-0.4, -0.2) is 74.7 Å². The van der Waals surface area contributed by atoms with Crippen LogP contribution in [0.4, 0.5) is 5.82 Å². The quantitative estimate of drug-likeness (QED) is 0.233. The van der Waals surface area contributed by atoms with E-state index in [-0.39, 0.29) is 10.9 Å². The highest BCUT2D eigenvalue weighted by Gasteiger charge is 2.54. The number of fused-ring (bicyclic) bond motifs is 1. The lowest BCUT2D eigenvalue weighted by molar-refractivity contribution is -0.166. The number of benzene rings is 1. The zero-order valence-corrected chi connectivity index (χ0v) is 23.3. The number of esters is 2. The molecule has 1 fully saturated rings. The third-order valence-electron chi connectivity index (χ3n) is 5.49. The molecule has 1 aromatic carbocycles. The van der Waals surface area contributed by atoms with E-state index in [2.05, 4.69) is 42.9 Å². The molecule has 4 rings (SSSR count). The Labute approximate surface area is 230 Å². The molecular weight excluding hydrogens is 619 g/mol. The molecule has 37 heavy (non-hydrogen) atoms. The molecule has 4 atom stereocenters. The SMILES string of the molecule is CC(=O)O[C@@H]1[C@H](OC(C)=O)[C@@H](C(=O)N(C)C)O[C@H]1n1cnc2c(NCc3cccc(I)c3)nc(Cl)nc21. The third-order valence-corrected chi connectivity index (χ3v) is 6.33. The van der Waals surface area contributed by atoms with Crippen LogP contribution in [0.2, 0.25) is 5.28 Å². The van der Waals surface area contributed by atoms with Gasteiger partial charge in [0.1, 0.15) is 0 Å². The molecule has 1 N–H and O–H groups in total. The van der Waals surface area contributed by atoms with Crippen LogP contribution >= 0.6 is 34.2 Å². The molecule has 196 valence electrons. The number of hydrogen-bond donors (Lipinski definition) is 1. The molecule has 0 saturated carbocycles. The molecule has 0 radical (unpaired) electrons.